The smallest absolute Gasteiger partial charge is 0.490 e. The summed E-state index contributed by atoms with van der Waals surface area (Å²) in [6.07, 6.45) is -2.73. The maximum absolute atomic E-state index is 13.5. The number of esters is 1. The lowest BCUT2D eigenvalue weighted by atomic mass is 9.86. The molecule has 3 N–H and O–H groups in total. The third-order valence-electron chi connectivity index (χ3n) is 8.41. The van der Waals surface area contributed by atoms with E-state index in [2.05, 4.69) is 16.3 Å². The van der Waals surface area contributed by atoms with E-state index in [1.807, 2.05) is 26.2 Å². The number of aromatic nitrogens is 2. The van der Waals surface area contributed by atoms with Crippen LogP contribution >= 0.6 is 0 Å². The first-order chi connectivity index (χ1) is 21.2. The zero-order valence-corrected chi connectivity index (χ0v) is 25.2. The fourth-order valence-electron chi connectivity index (χ4n) is 5.96. The summed E-state index contributed by atoms with van der Waals surface area (Å²) in [7, 11) is 4.07. The predicted octanol–water partition coefficient (Wildman–Crippen LogP) is 3.15. The van der Waals surface area contributed by atoms with Gasteiger partial charge in [-0.25, -0.2) is 14.6 Å². The van der Waals surface area contributed by atoms with Crippen LogP contribution < -0.4 is 15.6 Å². The number of aliphatic hydroxyl groups is 1. The van der Waals surface area contributed by atoms with Crippen LogP contribution in [0.25, 0.3) is 22.3 Å². The molecule has 14 heteroatoms. The summed E-state index contributed by atoms with van der Waals surface area (Å²) in [5, 5.41) is 22.6. The van der Waals surface area contributed by atoms with Gasteiger partial charge in [-0.15, -0.1) is 0 Å². The van der Waals surface area contributed by atoms with E-state index in [0.717, 1.165) is 53.7 Å². The largest absolute Gasteiger partial charge is 0.493 e. The fraction of sp³-hybridized carbons (Fsp3) is 0.484. The minimum absolute atomic E-state index is 0.119. The Bertz CT molecular complexity index is 1700. The summed E-state index contributed by atoms with van der Waals surface area (Å²) in [5.41, 5.74) is 2.73. The molecule has 1 aromatic carbocycles. The Balaban J connectivity index is 0.000000515. The number of carboxylic acid groups (broad SMARTS) is 1. The lowest BCUT2D eigenvalue weighted by Crippen LogP contribution is -2.44. The van der Waals surface area contributed by atoms with Crippen LogP contribution in [-0.2, 0) is 39.6 Å². The van der Waals surface area contributed by atoms with E-state index in [0.29, 0.717) is 48.1 Å². The Morgan fingerprint density at radius 1 is 1.22 bits per heavy atom. The second-order valence-corrected chi connectivity index (χ2v) is 11.8. The number of carbonyl (C=O) groups is 2. The van der Waals surface area contributed by atoms with Crippen LogP contribution in [0.1, 0.15) is 48.4 Å². The number of ether oxygens (including phenoxy) is 2. The van der Waals surface area contributed by atoms with Crippen LogP contribution in [0, 0.1) is 5.92 Å². The summed E-state index contributed by atoms with van der Waals surface area (Å²) >= 11 is 0. The zero-order valence-electron chi connectivity index (χ0n) is 25.2. The average Bonchev–Trinajstić information content (AvgIpc) is 3.36. The van der Waals surface area contributed by atoms with Crippen molar-refractivity contribution >= 4 is 22.8 Å². The third-order valence-corrected chi connectivity index (χ3v) is 8.41. The molecule has 0 unspecified atom stereocenters. The molecule has 0 saturated carbocycles. The Hall–Kier alpha value is -4.01. The number of carbonyl (C=O) groups excluding carboxylic acids is 1. The molecule has 0 spiro atoms. The SMILES string of the molecule is CC[C@@]1(O)C(=O)OCc2c1cc1n(c2=O)Cc2cc3c(CN(C)C)c(OCC4CCNCC4)ccc3nc2-1.O=C(O)C(F)(F)F. The number of nitrogens with one attached hydrogen (secondary N) is 1. The highest BCUT2D eigenvalue weighted by Gasteiger charge is 2.45. The van der Waals surface area contributed by atoms with Gasteiger partial charge in [-0.1, -0.05) is 6.92 Å². The molecule has 11 nitrogen and oxygen atoms in total. The first kappa shape index (κ1) is 32.4. The molecule has 0 aliphatic carbocycles. The Kier molecular flexibility index (Phi) is 8.93. The molecule has 1 fully saturated rings. The zero-order chi connectivity index (χ0) is 32.7. The molecular formula is C31H35F3N4O7. The Morgan fingerprint density at radius 3 is 2.53 bits per heavy atom. The second kappa shape index (κ2) is 12.4. The van der Waals surface area contributed by atoms with Crippen molar-refractivity contribution in [2.24, 2.45) is 5.92 Å². The molecule has 0 amide bonds. The number of aliphatic carboxylic acids is 1. The van der Waals surface area contributed by atoms with E-state index in [1.165, 1.54) is 0 Å². The van der Waals surface area contributed by atoms with Gasteiger partial charge in [-0.2, -0.15) is 13.2 Å². The molecular weight excluding hydrogens is 597 g/mol. The number of hydrogen-bond acceptors (Lipinski definition) is 9. The number of alkyl halides is 3. The van der Waals surface area contributed by atoms with E-state index < -0.39 is 23.7 Å². The molecule has 45 heavy (non-hydrogen) atoms. The van der Waals surface area contributed by atoms with Crippen molar-refractivity contribution in [2.45, 2.75) is 57.7 Å². The molecule has 5 heterocycles. The number of carboxylic acids is 1. The van der Waals surface area contributed by atoms with Gasteiger partial charge in [0.25, 0.3) is 5.56 Å². The first-order valence-electron chi connectivity index (χ1n) is 14.7. The number of nitrogens with zero attached hydrogens (tertiary/aromatic N) is 3. The van der Waals surface area contributed by atoms with Gasteiger partial charge < -0.3 is 34.5 Å². The van der Waals surface area contributed by atoms with E-state index >= 15 is 0 Å². The molecule has 3 aromatic rings. The third kappa shape index (κ3) is 6.26. The molecule has 1 atom stereocenters. The molecule has 3 aliphatic heterocycles. The van der Waals surface area contributed by atoms with Crippen molar-refractivity contribution in [3.05, 3.63) is 56.9 Å². The summed E-state index contributed by atoms with van der Waals surface area (Å²) in [6.45, 7) is 5.41. The van der Waals surface area contributed by atoms with Crippen LogP contribution in [0.2, 0.25) is 0 Å². The van der Waals surface area contributed by atoms with Crippen LogP contribution in [0.5, 0.6) is 5.75 Å². The number of piperidine rings is 1. The van der Waals surface area contributed by atoms with Gasteiger partial charge in [0, 0.05) is 28.6 Å². The minimum atomic E-state index is -5.08. The lowest BCUT2D eigenvalue weighted by Gasteiger charge is -2.31. The van der Waals surface area contributed by atoms with Crippen molar-refractivity contribution in [1.29, 1.82) is 0 Å². The summed E-state index contributed by atoms with van der Waals surface area (Å²) in [5.74, 6) is -2.06. The van der Waals surface area contributed by atoms with Crippen LogP contribution in [0.4, 0.5) is 13.2 Å². The number of halogens is 3. The monoisotopic (exact) mass is 632 g/mol. The number of cyclic esters (lactones) is 1. The second-order valence-electron chi connectivity index (χ2n) is 11.8. The van der Waals surface area contributed by atoms with Crippen LogP contribution in [0.15, 0.2) is 29.1 Å². The molecule has 0 bridgehead atoms. The van der Waals surface area contributed by atoms with Crippen LogP contribution in [-0.4, -0.2) is 76.6 Å². The number of pyridine rings is 2. The molecule has 3 aliphatic rings. The average molecular weight is 633 g/mol. The normalized spacial score (nSPS) is 19.3. The van der Waals surface area contributed by atoms with E-state index in [1.54, 1.807) is 17.6 Å². The summed E-state index contributed by atoms with van der Waals surface area (Å²) < 4.78 is 45.0. The van der Waals surface area contributed by atoms with Gasteiger partial charge >= 0.3 is 18.1 Å². The highest BCUT2D eigenvalue weighted by Crippen LogP contribution is 2.40. The Morgan fingerprint density at radius 2 is 1.91 bits per heavy atom. The van der Waals surface area contributed by atoms with E-state index in [-0.39, 0.29) is 18.6 Å². The quantitative estimate of drug-likeness (QED) is 0.271. The molecule has 242 valence electrons. The number of fused-ring (bicyclic) bond motifs is 5. The van der Waals surface area contributed by atoms with Gasteiger partial charge in [-0.05, 0) is 76.6 Å². The topological polar surface area (TPSA) is 143 Å². The number of rotatable bonds is 6. The van der Waals surface area contributed by atoms with Crippen molar-refractivity contribution in [3.63, 3.8) is 0 Å². The van der Waals surface area contributed by atoms with Crippen LogP contribution in [0.3, 0.4) is 0 Å². The number of hydrogen-bond donors (Lipinski definition) is 3. The van der Waals surface area contributed by atoms with Gasteiger partial charge in [-0.3, -0.25) is 4.79 Å². The van der Waals surface area contributed by atoms with Crippen molar-refractivity contribution in [2.75, 3.05) is 33.8 Å². The number of benzene rings is 1. The molecule has 1 saturated heterocycles. The van der Waals surface area contributed by atoms with Crippen molar-refractivity contribution in [3.8, 4) is 17.1 Å². The lowest BCUT2D eigenvalue weighted by molar-refractivity contribution is -0.192. The maximum atomic E-state index is 13.5. The molecule has 6 rings (SSSR count). The fourth-order valence-corrected chi connectivity index (χ4v) is 5.96. The van der Waals surface area contributed by atoms with Gasteiger partial charge in [0.1, 0.15) is 12.4 Å². The van der Waals surface area contributed by atoms with Crippen molar-refractivity contribution < 1.29 is 42.4 Å². The van der Waals surface area contributed by atoms with Crippen molar-refractivity contribution in [1.82, 2.24) is 19.8 Å². The van der Waals surface area contributed by atoms with E-state index in [4.69, 9.17) is 24.4 Å². The highest BCUT2D eigenvalue weighted by atomic mass is 19.4. The van der Waals surface area contributed by atoms with Gasteiger partial charge in [0.05, 0.1) is 35.6 Å². The standard InChI is InChI=1S/C29H34N4O5.C2HF3O2/c1-4-29(36)22-12-24-26-18(13-33(24)27(34)21(22)16-38-28(29)35)11-19-20(14-32(2)3)25(6-5-23(19)31-26)37-15-17-7-9-30-10-8-17;3-2(4,5)1(6)7/h5-6,11-12,17,30,36H,4,7-10,13-16H2,1-3H3;(H,6,7)/t29-;/m0./s1. The van der Waals surface area contributed by atoms with Gasteiger partial charge in [0.2, 0.25) is 0 Å². The minimum Gasteiger partial charge on any atom is -0.493 e. The highest BCUT2D eigenvalue weighted by molar-refractivity contribution is 5.89. The maximum Gasteiger partial charge on any atom is 0.490 e. The first-order valence-corrected chi connectivity index (χ1v) is 14.7. The van der Waals surface area contributed by atoms with Gasteiger partial charge in [0.15, 0.2) is 5.60 Å². The molecule has 2 aromatic heterocycles. The Labute approximate surface area is 256 Å². The summed E-state index contributed by atoms with van der Waals surface area (Å²) in [4.78, 5) is 41.9. The molecule has 0 radical (unpaired) electrons. The predicted molar refractivity (Wildman–Crippen MR) is 157 cm³/mol. The summed E-state index contributed by atoms with van der Waals surface area (Å²) in [6, 6.07) is 7.85. The van der Waals surface area contributed by atoms with E-state index in [9.17, 15) is 27.9 Å².